The van der Waals surface area contributed by atoms with Gasteiger partial charge in [0.15, 0.2) is 0 Å². The third-order valence-electron chi connectivity index (χ3n) is 4.50. The molecule has 1 aromatic rings. The highest BCUT2D eigenvalue weighted by molar-refractivity contribution is 5.36. The molecule has 1 aliphatic heterocycles. The van der Waals surface area contributed by atoms with E-state index < -0.39 is 0 Å². The van der Waals surface area contributed by atoms with Gasteiger partial charge in [0.05, 0.1) is 7.11 Å². The average molecular weight is 290 g/mol. The van der Waals surface area contributed by atoms with Gasteiger partial charge in [-0.3, -0.25) is 4.90 Å². The molecule has 3 heteroatoms. The van der Waals surface area contributed by atoms with Gasteiger partial charge in [-0.05, 0) is 38.4 Å². The maximum Gasteiger partial charge on any atom is 0.123 e. The van der Waals surface area contributed by atoms with Crippen molar-refractivity contribution in [3.8, 4) is 5.75 Å². The fourth-order valence-corrected chi connectivity index (χ4v) is 3.43. The van der Waals surface area contributed by atoms with Gasteiger partial charge < -0.3 is 10.1 Å². The van der Waals surface area contributed by atoms with Gasteiger partial charge >= 0.3 is 0 Å². The first-order valence-electron chi connectivity index (χ1n) is 8.20. The van der Waals surface area contributed by atoms with E-state index in [0.717, 1.165) is 12.3 Å². The maximum atomic E-state index is 5.61. The van der Waals surface area contributed by atoms with Crippen LogP contribution in [0.4, 0.5) is 0 Å². The average Bonchev–Trinajstić information content (AvgIpc) is 2.66. The summed E-state index contributed by atoms with van der Waals surface area (Å²) in [5.41, 5.74) is 1.33. The van der Waals surface area contributed by atoms with Gasteiger partial charge in [0, 0.05) is 24.2 Å². The van der Waals surface area contributed by atoms with E-state index in [-0.39, 0.29) is 0 Å². The Hall–Kier alpha value is -1.06. The summed E-state index contributed by atoms with van der Waals surface area (Å²) in [6, 6.07) is 9.48. The van der Waals surface area contributed by atoms with Crippen molar-refractivity contribution in [2.45, 2.75) is 45.2 Å². The van der Waals surface area contributed by atoms with Crippen molar-refractivity contribution in [2.24, 2.45) is 5.92 Å². The van der Waals surface area contributed by atoms with Gasteiger partial charge in [0.1, 0.15) is 5.75 Å². The third kappa shape index (κ3) is 4.21. The van der Waals surface area contributed by atoms with E-state index in [1.54, 1.807) is 7.11 Å². The predicted molar refractivity (Wildman–Crippen MR) is 88.8 cm³/mol. The minimum atomic E-state index is 0.440. The largest absolute Gasteiger partial charge is 0.496 e. The van der Waals surface area contributed by atoms with Crippen molar-refractivity contribution in [3.63, 3.8) is 0 Å². The van der Waals surface area contributed by atoms with Crippen LogP contribution in [-0.2, 0) is 0 Å². The quantitative estimate of drug-likeness (QED) is 0.898. The summed E-state index contributed by atoms with van der Waals surface area (Å²) in [6.45, 7) is 6.68. The molecular weight excluding hydrogens is 260 g/mol. The molecular formula is C18H30N2O. The van der Waals surface area contributed by atoms with Gasteiger partial charge in [0.2, 0.25) is 0 Å². The summed E-state index contributed by atoms with van der Waals surface area (Å²) in [5.74, 6) is 1.65. The smallest absolute Gasteiger partial charge is 0.123 e. The second kappa shape index (κ2) is 7.81. The van der Waals surface area contributed by atoms with Gasteiger partial charge in [-0.2, -0.15) is 0 Å². The number of ether oxygens (including phenoxy) is 1. The number of nitrogens with zero attached hydrogens (tertiary/aromatic N) is 1. The zero-order valence-corrected chi connectivity index (χ0v) is 13.9. The molecule has 0 bridgehead atoms. The molecule has 0 radical (unpaired) electrons. The molecule has 1 fully saturated rings. The van der Waals surface area contributed by atoms with Crippen LogP contribution in [0.3, 0.4) is 0 Å². The Morgan fingerprint density at radius 3 is 2.76 bits per heavy atom. The van der Waals surface area contributed by atoms with E-state index in [1.165, 1.54) is 31.4 Å². The third-order valence-corrected chi connectivity index (χ3v) is 4.50. The first-order chi connectivity index (χ1) is 10.1. The highest BCUT2D eigenvalue weighted by atomic mass is 16.5. The molecule has 1 aromatic carbocycles. The molecule has 1 saturated heterocycles. The molecule has 0 spiro atoms. The summed E-state index contributed by atoms with van der Waals surface area (Å²) >= 11 is 0. The molecule has 0 saturated carbocycles. The van der Waals surface area contributed by atoms with Crippen molar-refractivity contribution >= 4 is 0 Å². The van der Waals surface area contributed by atoms with E-state index >= 15 is 0 Å². The SMILES string of the molecule is COc1ccccc1C1C(CNC(C)C)CCCCN1C. The summed E-state index contributed by atoms with van der Waals surface area (Å²) in [7, 11) is 4.03. The van der Waals surface area contributed by atoms with Crippen LogP contribution in [0.25, 0.3) is 0 Å². The predicted octanol–water partition coefficient (Wildman–Crippen LogP) is 3.47. The molecule has 1 heterocycles. The molecule has 1 N–H and O–H groups in total. The topological polar surface area (TPSA) is 24.5 Å². The fraction of sp³-hybridized carbons (Fsp3) is 0.667. The van der Waals surface area contributed by atoms with Gasteiger partial charge in [-0.25, -0.2) is 0 Å². The van der Waals surface area contributed by atoms with E-state index in [4.69, 9.17) is 4.74 Å². The summed E-state index contributed by atoms with van der Waals surface area (Å²) in [5, 5.41) is 3.63. The first-order valence-corrected chi connectivity index (χ1v) is 8.20. The Balaban J connectivity index is 2.27. The number of rotatable bonds is 5. The van der Waals surface area contributed by atoms with E-state index in [0.29, 0.717) is 18.0 Å². The van der Waals surface area contributed by atoms with Crippen LogP contribution in [0.5, 0.6) is 5.75 Å². The Morgan fingerprint density at radius 2 is 2.05 bits per heavy atom. The molecule has 0 aliphatic carbocycles. The molecule has 0 amide bonds. The second-order valence-corrected chi connectivity index (χ2v) is 6.49. The van der Waals surface area contributed by atoms with Crippen molar-refractivity contribution in [1.29, 1.82) is 0 Å². The van der Waals surface area contributed by atoms with Crippen molar-refractivity contribution in [1.82, 2.24) is 10.2 Å². The lowest BCUT2D eigenvalue weighted by atomic mass is 9.88. The van der Waals surface area contributed by atoms with Crippen LogP contribution < -0.4 is 10.1 Å². The second-order valence-electron chi connectivity index (χ2n) is 6.49. The molecule has 0 aromatic heterocycles. The minimum Gasteiger partial charge on any atom is -0.496 e. The maximum absolute atomic E-state index is 5.61. The van der Waals surface area contributed by atoms with Crippen molar-refractivity contribution < 1.29 is 4.74 Å². The zero-order valence-electron chi connectivity index (χ0n) is 13.9. The fourth-order valence-electron chi connectivity index (χ4n) is 3.43. The number of methoxy groups -OCH3 is 1. The van der Waals surface area contributed by atoms with Crippen LogP contribution in [-0.4, -0.2) is 38.2 Å². The van der Waals surface area contributed by atoms with Crippen molar-refractivity contribution in [3.05, 3.63) is 29.8 Å². The molecule has 2 unspecified atom stereocenters. The number of likely N-dealkylation sites (tertiary alicyclic amines) is 1. The van der Waals surface area contributed by atoms with Gasteiger partial charge in [0.25, 0.3) is 0 Å². The number of para-hydroxylation sites is 1. The number of benzene rings is 1. The van der Waals surface area contributed by atoms with E-state index in [9.17, 15) is 0 Å². The Morgan fingerprint density at radius 1 is 1.29 bits per heavy atom. The summed E-state index contributed by atoms with van der Waals surface area (Å²) < 4.78 is 5.61. The Kier molecular flexibility index (Phi) is 6.07. The van der Waals surface area contributed by atoms with Crippen LogP contribution in [0, 0.1) is 5.92 Å². The van der Waals surface area contributed by atoms with E-state index in [1.807, 2.05) is 0 Å². The van der Waals surface area contributed by atoms with Gasteiger partial charge in [-0.15, -0.1) is 0 Å². The van der Waals surface area contributed by atoms with Crippen molar-refractivity contribution in [2.75, 3.05) is 27.2 Å². The monoisotopic (exact) mass is 290 g/mol. The van der Waals surface area contributed by atoms with Crippen LogP contribution >= 0.6 is 0 Å². The van der Waals surface area contributed by atoms with Crippen LogP contribution in [0.2, 0.25) is 0 Å². The summed E-state index contributed by atoms with van der Waals surface area (Å²) in [6.07, 6.45) is 3.90. The highest BCUT2D eigenvalue weighted by Crippen LogP contribution is 2.38. The lowest BCUT2D eigenvalue weighted by Crippen LogP contribution is -2.37. The molecule has 3 nitrogen and oxygen atoms in total. The highest BCUT2D eigenvalue weighted by Gasteiger charge is 2.30. The van der Waals surface area contributed by atoms with E-state index in [2.05, 4.69) is 55.4 Å². The molecule has 1 aliphatic rings. The minimum absolute atomic E-state index is 0.440. The normalized spacial score (nSPS) is 24.0. The zero-order chi connectivity index (χ0) is 15.2. The first kappa shape index (κ1) is 16.3. The van der Waals surface area contributed by atoms with Crippen LogP contribution in [0.1, 0.15) is 44.7 Å². The summed E-state index contributed by atoms with van der Waals surface area (Å²) in [4.78, 5) is 2.51. The molecule has 2 rings (SSSR count). The number of nitrogens with one attached hydrogen (secondary N) is 1. The molecule has 21 heavy (non-hydrogen) atoms. The number of hydrogen-bond donors (Lipinski definition) is 1. The number of hydrogen-bond acceptors (Lipinski definition) is 3. The van der Waals surface area contributed by atoms with Gasteiger partial charge in [-0.1, -0.05) is 38.5 Å². The molecule has 118 valence electrons. The Bertz CT molecular complexity index is 433. The lowest BCUT2D eigenvalue weighted by Gasteiger charge is -2.34. The molecule has 2 atom stereocenters. The van der Waals surface area contributed by atoms with Crippen LogP contribution in [0.15, 0.2) is 24.3 Å². The lowest BCUT2D eigenvalue weighted by molar-refractivity contribution is 0.183. The Labute approximate surface area is 129 Å². The standard InChI is InChI=1S/C18H30N2O/c1-14(2)19-13-15-9-7-8-12-20(3)18(15)16-10-5-6-11-17(16)21-4/h5-6,10-11,14-15,18-19H,7-9,12-13H2,1-4H3.